The minimum absolute atomic E-state index is 0.489. The molecule has 0 aliphatic heterocycles. The minimum Gasteiger partial charge on any atom is -0.478 e. The second kappa shape index (κ2) is 18.7. The van der Waals surface area contributed by atoms with Crippen molar-refractivity contribution >= 4 is 5.97 Å². The normalized spacial score (nSPS) is 10.5. The molecule has 168 valence electrons. The van der Waals surface area contributed by atoms with Crippen LogP contribution in [-0.2, 0) is 19.3 Å². The van der Waals surface area contributed by atoms with Gasteiger partial charge in [0, 0.05) is 7.11 Å². The van der Waals surface area contributed by atoms with Gasteiger partial charge in [-0.2, -0.15) is 0 Å². The average molecular weight is 407 g/mol. The number of aryl methyl sites for hydroxylation is 2. The molecule has 3 heteroatoms. The first-order valence-corrected chi connectivity index (χ1v) is 12.0. The Kier molecular flexibility index (Phi) is 17.8. The number of carboxylic acids is 1. The Morgan fingerprint density at radius 3 is 1.38 bits per heavy atom. The van der Waals surface area contributed by atoms with Crippen LogP contribution in [0.5, 0.6) is 0 Å². The highest BCUT2D eigenvalue weighted by atomic mass is 16.4. The highest BCUT2D eigenvalue weighted by Crippen LogP contribution is 2.25. The minimum atomic E-state index is -0.780. The molecule has 0 saturated carbocycles. The number of aromatic carboxylic acids is 1. The lowest BCUT2D eigenvalue weighted by atomic mass is 9.88. The van der Waals surface area contributed by atoms with Crippen LogP contribution in [0.3, 0.4) is 0 Å². The smallest absolute Gasteiger partial charge is 0.335 e. The van der Waals surface area contributed by atoms with Gasteiger partial charge in [0.25, 0.3) is 0 Å². The van der Waals surface area contributed by atoms with E-state index in [-0.39, 0.29) is 0 Å². The third-order valence-electron chi connectivity index (χ3n) is 5.56. The molecule has 0 amide bonds. The second-order valence-electron chi connectivity index (χ2n) is 8.01. The second-order valence-corrected chi connectivity index (χ2v) is 8.01. The summed E-state index contributed by atoms with van der Waals surface area (Å²) in [6, 6.07) is 3.94. The molecule has 0 aliphatic rings. The summed E-state index contributed by atoms with van der Waals surface area (Å²) < 4.78 is 0. The van der Waals surface area contributed by atoms with Crippen molar-refractivity contribution in [3.05, 3.63) is 34.4 Å². The number of carboxylic acid groups (broad SMARTS) is 1. The van der Waals surface area contributed by atoms with E-state index < -0.39 is 5.97 Å². The van der Waals surface area contributed by atoms with Crippen LogP contribution in [0.4, 0.5) is 0 Å². The van der Waals surface area contributed by atoms with Gasteiger partial charge >= 0.3 is 5.97 Å². The van der Waals surface area contributed by atoms with Crippen LogP contribution in [0.2, 0.25) is 0 Å². The third kappa shape index (κ3) is 12.1. The van der Waals surface area contributed by atoms with Gasteiger partial charge in [-0.3, -0.25) is 0 Å². The van der Waals surface area contributed by atoms with E-state index in [4.69, 9.17) is 5.11 Å². The molecule has 0 spiro atoms. The van der Waals surface area contributed by atoms with E-state index in [0.29, 0.717) is 5.56 Å². The van der Waals surface area contributed by atoms with Gasteiger partial charge in [0.1, 0.15) is 0 Å². The maximum atomic E-state index is 11.7. The summed E-state index contributed by atoms with van der Waals surface area (Å²) >= 11 is 0. The summed E-state index contributed by atoms with van der Waals surface area (Å²) in [6.07, 6.45) is 18.1. The SMILES string of the molecule is CCCCCCc1cc(C(=O)O)cc(CCCCCC)c1CCCCCC.CO. The molecule has 1 rings (SSSR count). The van der Waals surface area contributed by atoms with Gasteiger partial charge in [0.05, 0.1) is 5.56 Å². The lowest BCUT2D eigenvalue weighted by molar-refractivity contribution is 0.0696. The molecule has 29 heavy (non-hydrogen) atoms. The largest absolute Gasteiger partial charge is 0.478 e. The predicted molar refractivity (Wildman–Crippen MR) is 125 cm³/mol. The van der Waals surface area contributed by atoms with Gasteiger partial charge in [0.15, 0.2) is 0 Å². The van der Waals surface area contributed by atoms with Gasteiger partial charge in [0.2, 0.25) is 0 Å². The average Bonchev–Trinajstić information content (AvgIpc) is 2.73. The predicted octanol–water partition coefficient (Wildman–Crippen LogP) is 7.36. The van der Waals surface area contributed by atoms with Gasteiger partial charge in [-0.25, -0.2) is 4.79 Å². The zero-order chi connectivity index (χ0) is 21.9. The molecular formula is C26H46O3. The van der Waals surface area contributed by atoms with Gasteiger partial charge < -0.3 is 10.2 Å². The topological polar surface area (TPSA) is 57.5 Å². The fourth-order valence-corrected chi connectivity index (χ4v) is 3.90. The highest BCUT2D eigenvalue weighted by Gasteiger charge is 2.14. The molecule has 0 radical (unpaired) electrons. The molecule has 2 N–H and O–H groups in total. The van der Waals surface area contributed by atoms with Crippen molar-refractivity contribution in [2.45, 2.75) is 117 Å². The zero-order valence-electron chi connectivity index (χ0n) is 19.6. The molecule has 1 aromatic rings. The Labute approximate surface area is 179 Å². The standard InChI is InChI=1S/C25H42O2.CH4O/c1-4-7-10-13-16-21-19-23(25(26)27)20-22(17-14-11-8-5-2)24(21)18-15-12-9-6-3;1-2/h19-20H,4-18H2,1-3H3,(H,26,27);2H,1H3. The molecule has 1 aromatic carbocycles. The van der Waals surface area contributed by atoms with E-state index in [0.717, 1.165) is 26.4 Å². The molecule has 0 atom stereocenters. The summed E-state index contributed by atoms with van der Waals surface area (Å²) in [4.78, 5) is 11.7. The Morgan fingerprint density at radius 1 is 0.655 bits per heavy atom. The Hall–Kier alpha value is -1.35. The number of carbonyl (C=O) groups is 1. The first kappa shape index (κ1) is 27.6. The van der Waals surface area contributed by atoms with Crippen LogP contribution in [0.25, 0.3) is 0 Å². The first-order chi connectivity index (χ1) is 14.1. The van der Waals surface area contributed by atoms with Gasteiger partial charge in [-0.15, -0.1) is 0 Å². The van der Waals surface area contributed by atoms with Crippen molar-refractivity contribution in [1.29, 1.82) is 0 Å². The number of hydrogen-bond donors (Lipinski definition) is 2. The van der Waals surface area contributed by atoms with E-state index in [1.165, 1.54) is 93.7 Å². The molecular weight excluding hydrogens is 360 g/mol. The number of hydrogen-bond acceptors (Lipinski definition) is 2. The Morgan fingerprint density at radius 2 is 1.03 bits per heavy atom. The van der Waals surface area contributed by atoms with Crippen molar-refractivity contribution in [2.75, 3.05) is 7.11 Å². The van der Waals surface area contributed by atoms with Crippen LogP contribution in [-0.4, -0.2) is 23.3 Å². The van der Waals surface area contributed by atoms with Crippen molar-refractivity contribution in [3.63, 3.8) is 0 Å². The van der Waals surface area contributed by atoms with Crippen LogP contribution >= 0.6 is 0 Å². The number of benzene rings is 1. The lowest BCUT2D eigenvalue weighted by Crippen LogP contribution is -2.07. The van der Waals surface area contributed by atoms with Crippen molar-refractivity contribution in [2.24, 2.45) is 0 Å². The van der Waals surface area contributed by atoms with Crippen LogP contribution in [0.1, 0.15) is 125 Å². The summed E-state index contributed by atoms with van der Waals surface area (Å²) in [6.45, 7) is 6.72. The Balaban J connectivity index is 0.00000379. The maximum absolute atomic E-state index is 11.7. The number of rotatable bonds is 16. The Bertz CT molecular complexity index is 504. The number of aliphatic hydroxyl groups is 1. The molecule has 3 nitrogen and oxygen atoms in total. The molecule has 0 bridgehead atoms. The fourth-order valence-electron chi connectivity index (χ4n) is 3.90. The first-order valence-electron chi connectivity index (χ1n) is 12.0. The molecule has 0 fully saturated rings. The van der Waals surface area contributed by atoms with Crippen molar-refractivity contribution in [1.82, 2.24) is 0 Å². The quantitative estimate of drug-likeness (QED) is 0.282. The van der Waals surface area contributed by atoms with Gasteiger partial charge in [-0.1, -0.05) is 78.6 Å². The van der Waals surface area contributed by atoms with E-state index in [1.807, 2.05) is 12.1 Å². The lowest BCUT2D eigenvalue weighted by Gasteiger charge is -2.17. The molecule has 0 aliphatic carbocycles. The van der Waals surface area contributed by atoms with Crippen molar-refractivity contribution < 1.29 is 15.0 Å². The molecule has 0 aromatic heterocycles. The number of unbranched alkanes of at least 4 members (excludes halogenated alkanes) is 9. The monoisotopic (exact) mass is 406 g/mol. The zero-order valence-corrected chi connectivity index (χ0v) is 19.6. The van der Waals surface area contributed by atoms with Gasteiger partial charge in [-0.05, 0) is 67.3 Å². The fraction of sp³-hybridized carbons (Fsp3) is 0.731. The summed E-state index contributed by atoms with van der Waals surface area (Å²) in [5.41, 5.74) is 4.59. The highest BCUT2D eigenvalue weighted by molar-refractivity contribution is 5.88. The maximum Gasteiger partial charge on any atom is 0.335 e. The molecule has 0 heterocycles. The molecule has 0 saturated heterocycles. The summed E-state index contributed by atoms with van der Waals surface area (Å²) in [7, 11) is 1.00. The molecule has 0 unspecified atom stereocenters. The number of aliphatic hydroxyl groups excluding tert-OH is 1. The van der Waals surface area contributed by atoms with Crippen molar-refractivity contribution in [3.8, 4) is 0 Å². The van der Waals surface area contributed by atoms with Crippen LogP contribution < -0.4 is 0 Å². The van der Waals surface area contributed by atoms with E-state index in [1.54, 1.807) is 0 Å². The third-order valence-corrected chi connectivity index (χ3v) is 5.56. The summed E-state index contributed by atoms with van der Waals surface area (Å²) in [5.74, 6) is -0.780. The van der Waals surface area contributed by atoms with E-state index in [2.05, 4.69) is 20.8 Å². The summed E-state index contributed by atoms with van der Waals surface area (Å²) in [5, 5.41) is 16.6. The van der Waals surface area contributed by atoms with E-state index >= 15 is 0 Å². The van der Waals surface area contributed by atoms with Crippen LogP contribution in [0, 0.1) is 0 Å². The van der Waals surface area contributed by atoms with Crippen LogP contribution in [0.15, 0.2) is 12.1 Å². The van der Waals surface area contributed by atoms with E-state index in [9.17, 15) is 9.90 Å².